The summed E-state index contributed by atoms with van der Waals surface area (Å²) in [5, 5.41) is 4.17. The van der Waals surface area contributed by atoms with Crippen LogP contribution in [0.5, 0.6) is 0 Å². The molecule has 0 aromatic carbocycles. The molecule has 1 heterocycles. The molecule has 0 bridgehead atoms. The predicted octanol–water partition coefficient (Wildman–Crippen LogP) is 3.70. The Morgan fingerprint density at radius 1 is 1.29 bits per heavy atom. The first-order valence-corrected chi connectivity index (χ1v) is 8.07. The first-order chi connectivity index (χ1) is 9.92. The SMILES string of the molecule is CCCCC(N)c1nc(C2(OC)CCC(C)(C)CC2)no1. The van der Waals surface area contributed by atoms with Gasteiger partial charge in [-0.2, -0.15) is 4.98 Å². The summed E-state index contributed by atoms with van der Waals surface area (Å²) in [4.78, 5) is 4.55. The van der Waals surface area contributed by atoms with Gasteiger partial charge in [0.1, 0.15) is 5.60 Å². The standard InChI is InChI=1S/C16H29N3O2/c1-5-6-7-12(17)13-18-14(19-21-13)16(20-4)10-8-15(2,3)9-11-16/h12H,5-11,17H2,1-4H3. The number of aromatic nitrogens is 2. The van der Waals surface area contributed by atoms with Gasteiger partial charge in [0.2, 0.25) is 11.7 Å². The Labute approximate surface area is 127 Å². The van der Waals surface area contributed by atoms with E-state index in [1.165, 1.54) is 0 Å². The van der Waals surface area contributed by atoms with Crippen LogP contribution < -0.4 is 5.73 Å². The molecule has 0 amide bonds. The average Bonchev–Trinajstić information content (AvgIpc) is 2.96. The molecule has 0 radical (unpaired) electrons. The molecule has 1 aromatic heterocycles. The maximum atomic E-state index is 6.11. The molecule has 5 nitrogen and oxygen atoms in total. The second-order valence-electron chi connectivity index (χ2n) is 7.07. The third kappa shape index (κ3) is 3.64. The average molecular weight is 295 g/mol. The molecule has 0 aliphatic heterocycles. The molecule has 1 fully saturated rings. The van der Waals surface area contributed by atoms with E-state index in [0.29, 0.717) is 17.1 Å². The number of ether oxygens (including phenoxy) is 1. The van der Waals surface area contributed by atoms with E-state index in [2.05, 4.69) is 30.9 Å². The molecule has 0 saturated heterocycles. The predicted molar refractivity (Wildman–Crippen MR) is 81.7 cm³/mol. The van der Waals surface area contributed by atoms with Crippen LogP contribution in [-0.4, -0.2) is 17.3 Å². The minimum absolute atomic E-state index is 0.167. The highest BCUT2D eigenvalue weighted by molar-refractivity contribution is 5.06. The van der Waals surface area contributed by atoms with E-state index >= 15 is 0 Å². The van der Waals surface area contributed by atoms with E-state index in [0.717, 1.165) is 44.9 Å². The third-order valence-corrected chi connectivity index (χ3v) is 4.84. The van der Waals surface area contributed by atoms with Crippen LogP contribution >= 0.6 is 0 Å². The quantitative estimate of drug-likeness (QED) is 0.866. The maximum Gasteiger partial charge on any atom is 0.243 e. The highest BCUT2D eigenvalue weighted by atomic mass is 16.5. The molecule has 1 aliphatic carbocycles. The van der Waals surface area contributed by atoms with Crippen molar-refractivity contribution >= 4 is 0 Å². The largest absolute Gasteiger partial charge is 0.370 e. The Morgan fingerprint density at radius 2 is 1.95 bits per heavy atom. The summed E-state index contributed by atoms with van der Waals surface area (Å²) in [7, 11) is 1.74. The summed E-state index contributed by atoms with van der Waals surface area (Å²) >= 11 is 0. The van der Waals surface area contributed by atoms with E-state index < -0.39 is 5.60 Å². The van der Waals surface area contributed by atoms with Crippen molar-refractivity contribution in [3.63, 3.8) is 0 Å². The fourth-order valence-electron chi connectivity index (χ4n) is 2.97. The fourth-order valence-corrected chi connectivity index (χ4v) is 2.97. The van der Waals surface area contributed by atoms with Crippen LogP contribution in [0.4, 0.5) is 0 Å². The number of nitrogens with zero attached hydrogens (tertiary/aromatic N) is 2. The van der Waals surface area contributed by atoms with Crippen LogP contribution in [0.25, 0.3) is 0 Å². The highest BCUT2D eigenvalue weighted by Crippen LogP contribution is 2.46. The van der Waals surface area contributed by atoms with Crippen LogP contribution in [0.15, 0.2) is 4.52 Å². The lowest BCUT2D eigenvalue weighted by atomic mass is 9.70. The summed E-state index contributed by atoms with van der Waals surface area (Å²) < 4.78 is 11.2. The Bertz CT molecular complexity index is 446. The molecule has 1 aliphatic rings. The van der Waals surface area contributed by atoms with Gasteiger partial charge in [-0.3, -0.25) is 0 Å². The van der Waals surface area contributed by atoms with E-state index in [9.17, 15) is 0 Å². The summed E-state index contributed by atoms with van der Waals surface area (Å²) in [5.41, 5.74) is 6.08. The lowest BCUT2D eigenvalue weighted by Crippen LogP contribution is -2.37. The summed E-state index contributed by atoms with van der Waals surface area (Å²) in [6.07, 6.45) is 7.14. The van der Waals surface area contributed by atoms with Gasteiger partial charge in [0.15, 0.2) is 0 Å². The van der Waals surface area contributed by atoms with Gasteiger partial charge in [0.05, 0.1) is 6.04 Å². The summed E-state index contributed by atoms with van der Waals surface area (Å²) in [6.45, 7) is 6.75. The minimum Gasteiger partial charge on any atom is -0.370 e. The fraction of sp³-hybridized carbons (Fsp3) is 0.875. The van der Waals surface area contributed by atoms with Crippen molar-refractivity contribution in [1.29, 1.82) is 0 Å². The molecule has 1 aromatic rings. The van der Waals surface area contributed by atoms with E-state index in [1.807, 2.05) is 0 Å². The van der Waals surface area contributed by atoms with E-state index in [4.69, 9.17) is 15.0 Å². The van der Waals surface area contributed by atoms with Crippen molar-refractivity contribution < 1.29 is 9.26 Å². The van der Waals surface area contributed by atoms with E-state index in [1.54, 1.807) is 7.11 Å². The number of hydrogen-bond donors (Lipinski definition) is 1. The van der Waals surface area contributed by atoms with Gasteiger partial charge in [0.25, 0.3) is 0 Å². The lowest BCUT2D eigenvalue weighted by molar-refractivity contribution is -0.0740. The summed E-state index contributed by atoms with van der Waals surface area (Å²) in [5.74, 6) is 1.21. The first kappa shape index (κ1) is 16.4. The molecule has 2 N–H and O–H groups in total. The number of hydrogen-bond acceptors (Lipinski definition) is 5. The van der Waals surface area contributed by atoms with Gasteiger partial charge in [-0.15, -0.1) is 0 Å². The molecule has 2 rings (SSSR count). The number of rotatable bonds is 6. The Morgan fingerprint density at radius 3 is 2.52 bits per heavy atom. The van der Waals surface area contributed by atoms with Gasteiger partial charge in [0, 0.05) is 7.11 Å². The van der Waals surface area contributed by atoms with Gasteiger partial charge < -0.3 is 15.0 Å². The monoisotopic (exact) mass is 295 g/mol. The Kier molecular flexibility index (Phi) is 5.04. The van der Waals surface area contributed by atoms with Gasteiger partial charge >= 0.3 is 0 Å². The van der Waals surface area contributed by atoms with Crippen LogP contribution in [0.2, 0.25) is 0 Å². The van der Waals surface area contributed by atoms with Crippen LogP contribution in [-0.2, 0) is 10.3 Å². The van der Waals surface area contributed by atoms with Crippen molar-refractivity contribution in [1.82, 2.24) is 10.1 Å². The minimum atomic E-state index is -0.401. The van der Waals surface area contributed by atoms with Crippen LogP contribution in [0, 0.1) is 5.41 Å². The van der Waals surface area contributed by atoms with E-state index in [-0.39, 0.29) is 6.04 Å². The zero-order chi connectivity index (χ0) is 15.5. The Hall–Kier alpha value is -0.940. The molecule has 120 valence electrons. The van der Waals surface area contributed by atoms with Crippen LogP contribution in [0.1, 0.15) is 83.5 Å². The summed E-state index contributed by atoms with van der Waals surface area (Å²) in [6, 6.07) is -0.167. The Balaban J connectivity index is 2.11. The molecular formula is C16H29N3O2. The smallest absolute Gasteiger partial charge is 0.243 e. The molecule has 5 heteroatoms. The van der Waals surface area contributed by atoms with Crippen molar-refractivity contribution in [2.75, 3.05) is 7.11 Å². The second-order valence-corrected chi connectivity index (χ2v) is 7.07. The second kappa shape index (κ2) is 6.44. The zero-order valence-electron chi connectivity index (χ0n) is 13.8. The molecule has 1 atom stereocenters. The van der Waals surface area contributed by atoms with Gasteiger partial charge in [-0.05, 0) is 37.5 Å². The topological polar surface area (TPSA) is 74.2 Å². The number of nitrogens with two attached hydrogens (primary N) is 1. The molecule has 1 saturated carbocycles. The number of methoxy groups -OCH3 is 1. The number of unbranched alkanes of at least 4 members (excludes halogenated alkanes) is 1. The molecule has 21 heavy (non-hydrogen) atoms. The molecule has 0 spiro atoms. The normalized spacial score (nSPS) is 22.1. The zero-order valence-corrected chi connectivity index (χ0v) is 13.8. The molecule has 1 unspecified atom stereocenters. The van der Waals surface area contributed by atoms with Gasteiger partial charge in [-0.25, -0.2) is 0 Å². The van der Waals surface area contributed by atoms with Crippen molar-refractivity contribution in [3.8, 4) is 0 Å². The maximum absolute atomic E-state index is 6.11. The van der Waals surface area contributed by atoms with Crippen molar-refractivity contribution in [3.05, 3.63) is 11.7 Å². The van der Waals surface area contributed by atoms with Crippen molar-refractivity contribution in [2.45, 2.75) is 77.4 Å². The van der Waals surface area contributed by atoms with Crippen LogP contribution in [0.3, 0.4) is 0 Å². The third-order valence-electron chi connectivity index (χ3n) is 4.84. The lowest BCUT2D eigenvalue weighted by Gasteiger charge is -2.40. The molecular weight excluding hydrogens is 266 g/mol. The van der Waals surface area contributed by atoms with Crippen molar-refractivity contribution in [2.24, 2.45) is 11.1 Å². The highest BCUT2D eigenvalue weighted by Gasteiger charge is 2.43. The van der Waals surface area contributed by atoms with Gasteiger partial charge in [-0.1, -0.05) is 38.8 Å². The first-order valence-electron chi connectivity index (χ1n) is 8.07.